The highest BCUT2D eigenvalue weighted by molar-refractivity contribution is 5.80. The second-order valence-corrected chi connectivity index (χ2v) is 9.70. The zero-order valence-corrected chi connectivity index (χ0v) is 20.9. The van der Waals surface area contributed by atoms with Crippen molar-refractivity contribution in [3.8, 4) is 0 Å². The summed E-state index contributed by atoms with van der Waals surface area (Å²) in [7, 11) is 0. The molecule has 0 bridgehead atoms. The molecule has 6 heteroatoms. The molecular weight excluding hydrogens is 448 g/mol. The van der Waals surface area contributed by atoms with Crippen LogP contribution in [0.5, 0.6) is 0 Å². The third-order valence-corrected chi connectivity index (χ3v) is 7.12. The number of carbonyl (C=O) groups is 1. The van der Waals surface area contributed by atoms with Gasteiger partial charge in [-0.3, -0.25) is 14.2 Å². The predicted octanol–water partition coefficient (Wildman–Crippen LogP) is 4.85. The third-order valence-electron chi connectivity index (χ3n) is 7.12. The average molecular weight is 481 g/mol. The maximum atomic E-state index is 13.7. The van der Waals surface area contributed by atoms with E-state index in [1.54, 1.807) is 0 Å². The largest absolute Gasteiger partial charge is 0.352 e. The van der Waals surface area contributed by atoms with Gasteiger partial charge >= 0.3 is 0 Å². The number of benzene rings is 3. The molecule has 0 aliphatic carbocycles. The van der Waals surface area contributed by atoms with Crippen LogP contribution in [0.25, 0.3) is 11.0 Å². The van der Waals surface area contributed by atoms with Gasteiger partial charge in [0, 0.05) is 19.0 Å². The Kier molecular flexibility index (Phi) is 6.85. The van der Waals surface area contributed by atoms with Gasteiger partial charge in [-0.05, 0) is 49.9 Å². The number of piperidine rings is 1. The first-order valence-electron chi connectivity index (χ1n) is 12.6. The van der Waals surface area contributed by atoms with Crippen molar-refractivity contribution >= 4 is 22.8 Å². The van der Waals surface area contributed by atoms with Crippen LogP contribution in [-0.4, -0.2) is 28.5 Å². The van der Waals surface area contributed by atoms with Gasteiger partial charge in [0.05, 0.1) is 23.6 Å². The molecule has 1 amide bonds. The Balaban J connectivity index is 1.33. The van der Waals surface area contributed by atoms with Crippen molar-refractivity contribution in [3.63, 3.8) is 0 Å². The molecule has 1 atom stereocenters. The molecule has 0 spiro atoms. The Morgan fingerprint density at radius 1 is 0.972 bits per heavy atom. The van der Waals surface area contributed by atoms with Gasteiger partial charge < -0.3 is 10.2 Å². The normalized spacial score (nSPS) is 15.1. The van der Waals surface area contributed by atoms with Gasteiger partial charge in [0.25, 0.3) is 5.56 Å². The number of fused-ring (bicyclic) bond motifs is 1. The minimum absolute atomic E-state index is 0.0344. The lowest BCUT2D eigenvalue weighted by molar-refractivity contribution is -0.126. The Morgan fingerprint density at radius 2 is 1.64 bits per heavy atom. The summed E-state index contributed by atoms with van der Waals surface area (Å²) in [5.41, 5.74) is 4.91. The highest BCUT2D eigenvalue weighted by Gasteiger charge is 2.28. The number of hydrogen-bond donors (Lipinski definition) is 1. The van der Waals surface area contributed by atoms with Crippen LogP contribution in [0, 0.1) is 12.8 Å². The predicted molar refractivity (Wildman–Crippen MR) is 144 cm³/mol. The molecule has 3 aromatic carbocycles. The minimum atomic E-state index is -0.0881. The van der Waals surface area contributed by atoms with Crippen LogP contribution >= 0.6 is 0 Å². The summed E-state index contributed by atoms with van der Waals surface area (Å²) in [6.07, 6.45) is 1.39. The molecule has 36 heavy (non-hydrogen) atoms. The third kappa shape index (κ3) is 5.03. The van der Waals surface area contributed by atoms with Gasteiger partial charge in [-0.25, -0.2) is 4.98 Å². The lowest BCUT2D eigenvalue weighted by Crippen LogP contribution is -2.43. The van der Waals surface area contributed by atoms with Gasteiger partial charge in [-0.2, -0.15) is 0 Å². The van der Waals surface area contributed by atoms with Crippen molar-refractivity contribution in [2.24, 2.45) is 5.92 Å². The van der Waals surface area contributed by atoms with Crippen molar-refractivity contribution in [1.82, 2.24) is 14.9 Å². The molecule has 1 fully saturated rings. The summed E-state index contributed by atoms with van der Waals surface area (Å²) in [5.74, 6) is 0.481. The van der Waals surface area contributed by atoms with Crippen molar-refractivity contribution in [2.75, 3.05) is 18.0 Å². The Labute approximate surface area is 211 Å². The molecule has 6 nitrogen and oxygen atoms in total. The monoisotopic (exact) mass is 480 g/mol. The molecule has 0 radical (unpaired) electrons. The zero-order chi connectivity index (χ0) is 25.1. The second kappa shape index (κ2) is 10.4. The molecule has 1 aliphatic heterocycles. The highest BCUT2D eigenvalue weighted by atomic mass is 16.2. The fourth-order valence-corrected chi connectivity index (χ4v) is 4.93. The van der Waals surface area contributed by atoms with Gasteiger partial charge in [0.2, 0.25) is 5.91 Å². The Bertz CT molecular complexity index is 1400. The summed E-state index contributed by atoms with van der Waals surface area (Å²) in [5, 5.41) is 3.16. The number of aryl methyl sites for hydroxylation is 1. The smallest absolute Gasteiger partial charge is 0.294 e. The summed E-state index contributed by atoms with van der Waals surface area (Å²) in [6, 6.07) is 26.0. The number of nitrogens with zero attached hydrogens (tertiary/aromatic N) is 3. The summed E-state index contributed by atoms with van der Waals surface area (Å²) in [6.45, 7) is 5.82. The van der Waals surface area contributed by atoms with Gasteiger partial charge in [-0.15, -0.1) is 0 Å². The maximum Gasteiger partial charge on any atom is 0.294 e. The van der Waals surface area contributed by atoms with E-state index in [0.29, 0.717) is 38.3 Å². The van der Waals surface area contributed by atoms with Crippen LogP contribution in [0.15, 0.2) is 83.7 Å². The van der Waals surface area contributed by atoms with E-state index in [4.69, 9.17) is 4.98 Å². The number of amides is 1. The van der Waals surface area contributed by atoms with E-state index < -0.39 is 0 Å². The minimum Gasteiger partial charge on any atom is -0.352 e. The van der Waals surface area contributed by atoms with Crippen molar-refractivity contribution in [3.05, 3.63) is 106 Å². The molecule has 0 saturated carbocycles. The van der Waals surface area contributed by atoms with Crippen LogP contribution in [0.3, 0.4) is 0 Å². The molecule has 2 heterocycles. The summed E-state index contributed by atoms with van der Waals surface area (Å²) in [4.78, 5) is 33.4. The SMILES string of the molecule is Cc1ccc(Cn2c(=O)c(N3CCC(C(=O)N[C@H](C)c4ccccc4)CC3)nc3ccccc32)cc1. The molecule has 1 N–H and O–H groups in total. The molecule has 1 saturated heterocycles. The van der Waals surface area contributed by atoms with E-state index in [2.05, 4.69) is 36.5 Å². The number of para-hydroxylation sites is 2. The maximum absolute atomic E-state index is 13.7. The highest BCUT2D eigenvalue weighted by Crippen LogP contribution is 2.23. The number of nitrogens with one attached hydrogen (secondary N) is 1. The van der Waals surface area contributed by atoms with E-state index in [1.165, 1.54) is 5.56 Å². The summed E-state index contributed by atoms with van der Waals surface area (Å²) < 4.78 is 1.82. The van der Waals surface area contributed by atoms with Gasteiger partial charge in [0.15, 0.2) is 5.82 Å². The molecule has 1 aromatic heterocycles. The number of rotatable bonds is 6. The molecule has 0 unspecified atom stereocenters. The number of hydrogen-bond acceptors (Lipinski definition) is 4. The standard InChI is InChI=1S/C30H32N4O2/c1-21-12-14-23(15-13-21)20-34-27-11-7-6-10-26(27)32-28(30(34)36)33-18-16-25(17-19-33)29(35)31-22(2)24-8-4-3-5-9-24/h3-15,22,25H,16-20H2,1-2H3,(H,31,35)/t22-/m1/s1. The van der Waals surface area contributed by atoms with Crippen molar-refractivity contribution in [1.29, 1.82) is 0 Å². The molecule has 5 rings (SSSR count). The second-order valence-electron chi connectivity index (χ2n) is 9.70. The average Bonchev–Trinajstić information content (AvgIpc) is 2.92. The van der Waals surface area contributed by atoms with E-state index in [1.807, 2.05) is 71.0 Å². The van der Waals surface area contributed by atoms with E-state index in [9.17, 15) is 9.59 Å². The van der Waals surface area contributed by atoms with Crippen molar-refractivity contribution in [2.45, 2.75) is 39.3 Å². The molecule has 184 valence electrons. The first-order valence-corrected chi connectivity index (χ1v) is 12.6. The lowest BCUT2D eigenvalue weighted by Gasteiger charge is -2.32. The van der Waals surface area contributed by atoms with Gasteiger partial charge in [0.1, 0.15) is 0 Å². The van der Waals surface area contributed by atoms with Crippen molar-refractivity contribution < 1.29 is 4.79 Å². The number of anilines is 1. The summed E-state index contributed by atoms with van der Waals surface area (Å²) >= 11 is 0. The fourth-order valence-electron chi connectivity index (χ4n) is 4.93. The first-order chi connectivity index (χ1) is 17.5. The van der Waals surface area contributed by atoms with Crippen LogP contribution in [0.1, 0.15) is 42.5 Å². The van der Waals surface area contributed by atoms with E-state index >= 15 is 0 Å². The zero-order valence-electron chi connectivity index (χ0n) is 20.9. The number of aromatic nitrogens is 2. The van der Waals surface area contributed by atoms with Crippen LogP contribution in [0.4, 0.5) is 5.82 Å². The van der Waals surface area contributed by atoms with E-state index in [0.717, 1.165) is 22.2 Å². The lowest BCUT2D eigenvalue weighted by atomic mass is 9.95. The Hall–Kier alpha value is -3.93. The van der Waals surface area contributed by atoms with Gasteiger partial charge in [-0.1, -0.05) is 72.3 Å². The Morgan fingerprint density at radius 3 is 2.36 bits per heavy atom. The molecule has 4 aromatic rings. The first kappa shape index (κ1) is 23.8. The van der Waals surface area contributed by atoms with Crippen LogP contribution < -0.4 is 15.8 Å². The van der Waals surface area contributed by atoms with Crippen LogP contribution in [-0.2, 0) is 11.3 Å². The fraction of sp³-hybridized carbons (Fsp3) is 0.300. The molecular formula is C30H32N4O2. The number of carbonyl (C=O) groups excluding carboxylic acids is 1. The topological polar surface area (TPSA) is 67.2 Å². The van der Waals surface area contributed by atoms with E-state index in [-0.39, 0.29) is 23.4 Å². The quantitative estimate of drug-likeness (QED) is 0.429. The molecule has 1 aliphatic rings. The van der Waals surface area contributed by atoms with Crippen LogP contribution in [0.2, 0.25) is 0 Å².